The number of hydrogen-bond acceptors (Lipinski definition) is 3. The first-order valence-electron chi connectivity index (χ1n) is 16.0. The first-order chi connectivity index (χ1) is 23.1. The first-order valence-corrected chi connectivity index (χ1v) is 16.0. The molecule has 0 spiro atoms. The van der Waals surface area contributed by atoms with Gasteiger partial charge in [-0.1, -0.05) is 44.5 Å². The third kappa shape index (κ3) is 6.10. The summed E-state index contributed by atoms with van der Waals surface area (Å²) in [6, 6.07) is 28.8. The molecule has 5 nitrogen and oxygen atoms in total. The maximum atomic E-state index is 14.3. The van der Waals surface area contributed by atoms with Gasteiger partial charge in [0, 0.05) is 35.0 Å². The number of rotatable bonds is 7. The van der Waals surface area contributed by atoms with E-state index in [9.17, 15) is 8.78 Å². The molecule has 0 unspecified atom stereocenters. The molecule has 0 saturated heterocycles. The van der Waals surface area contributed by atoms with Crippen LogP contribution in [0.1, 0.15) is 54.2 Å². The van der Waals surface area contributed by atoms with E-state index in [0.717, 1.165) is 44.3 Å². The number of benzene rings is 4. The third-order valence-electron chi connectivity index (χ3n) is 9.39. The van der Waals surface area contributed by atoms with Gasteiger partial charge in [0.15, 0.2) is 0 Å². The summed E-state index contributed by atoms with van der Waals surface area (Å²) in [4.78, 5) is 4.76. The molecule has 0 N–H and O–H groups in total. The van der Waals surface area contributed by atoms with Crippen LogP contribution in [0.4, 0.5) is 8.78 Å². The molecular formula is C41H36F2N4OPt. The van der Waals surface area contributed by atoms with Crippen molar-refractivity contribution in [2.75, 3.05) is 0 Å². The number of pyridine rings is 1. The van der Waals surface area contributed by atoms with Gasteiger partial charge >= 0.3 is 21.1 Å². The zero-order valence-corrected chi connectivity index (χ0v) is 30.5. The van der Waals surface area contributed by atoms with Crippen LogP contribution in [0.3, 0.4) is 0 Å². The molecule has 8 heteroatoms. The maximum absolute atomic E-state index is 14.3. The fourth-order valence-electron chi connectivity index (χ4n) is 6.48. The molecular weight excluding hydrogens is 798 g/mol. The van der Waals surface area contributed by atoms with E-state index < -0.39 is 13.3 Å². The Morgan fingerprint density at radius 3 is 2.22 bits per heavy atom. The summed E-state index contributed by atoms with van der Waals surface area (Å²) in [7, 11) is 0. The number of fused-ring (bicyclic) bond motifs is 3. The molecule has 3 aromatic heterocycles. The van der Waals surface area contributed by atoms with Crippen molar-refractivity contribution in [3.63, 3.8) is 0 Å². The summed E-state index contributed by atoms with van der Waals surface area (Å²) in [6.07, 6.45) is 5.29. The van der Waals surface area contributed by atoms with Crippen LogP contribution in [-0.2, 0) is 39.8 Å². The van der Waals surface area contributed by atoms with E-state index in [2.05, 4.69) is 66.8 Å². The van der Waals surface area contributed by atoms with Gasteiger partial charge in [-0.05, 0) is 94.4 Å². The molecule has 0 radical (unpaired) electrons. The van der Waals surface area contributed by atoms with Crippen molar-refractivity contribution >= 4 is 21.8 Å². The molecule has 49 heavy (non-hydrogen) atoms. The second-order valence-electron chi connectivity index (χ2n) is 13.2. The Kier molecular flexibility index (Phi) is 9.34. The SMILES string of the molecule is Cc1c(C)c(CF)c(-c2cnn(-c3[c-]c(Oc4[c-]c5c(cc4)c4ccccc4n5-c4cc(C(C)(C)C)ccn4)ccc3)c2)c(CF)c1C.[Pt+2]. The van der Waals surface area contributed by atoms with Crippen molar-refractivity contribution in [1.82, 2.24) is 19.3 Å². The predicted molar refractivity (Wildman–Crippen MR) is 188 cm³/mol. The smallest absolute Gasteiger partial charge is 0.509 e. The summed E-state index contributed by atoms with van der Waals surface area (Å²) in [5.74, 6) is 1.82. The average molecular weight is 834 g/mol. The van der Waals surface area contributed by atoms with Crippen molar-refractivity contribution < 1.29 is 34.6 Å². The van der Waals surface area contributed by atoms with E-state index in [1.54, 1.807) is 17.1 Å². The topological polar surface area (TPSA) is 44.9 Å². The van der Waals surface area contributed by atoms with E-state index in [1.807, 2.05) is 69.4 Å². The fourth-order valence-corrected chi connectivity index (χ4v) is 6.48. The van der Waals surface area contributed by atoms with Gasteiger partial charge in [0.05, 0.1) is 6.20 Å². The summed E-state index contributed by atoms with van der Waals surface area (Å²) >= 11 is 0. The largest absolute Gasteiger partial charge is 2.00 e. The van der Waals surface area contributed by atoms with Gasteiger partial charge in [-0.25, -0.2) is 13.8 Å². The minimum Gasteiger partial charge on any atom is -0.509 e. The van der Waals surface area contributed by atoms with E-state index in [-0.39, 0.29) is 26.5 Å². The van der Waals surface area contributed by atoms with Crippen molar-refractivity contribution in [2.24, 2.45) is 0 Å². The van der Waals surface area contributed by atoms with E-state index >= 15 is 0 Å². The first kappa shape index (κ1) is 34.3. The van der Waals surface area contributed by atoms with Crippen LogP contribution >= 0.6 is 0 Å². The molecule has 7 aromatic rings. The Balaban J connectivity index is 0.00000417. The number of alkyl halides is 2. The molecule has 7 rings (SSSR count). The zero-order chi connectivity index (χ0) is 33.7. The molecule has 4 aromatic carbocycles. The molecule has 3 heterocycles. The maximum Gasteiger partial charge on any atom is 2.00 e. The monoisotopic (exact) mass is 833 g/mol. The Labute approximate surface area is 299 Å². The van der Waals surface area contributed by atoms with Gasteiger partial charge in [0.25, 0.3) is 0 Å². The number of hydrogen-bond donors (Lipinski definition) is 0. The number of ether oxygens (including phenoxy) is 1. The minimum absolute atomic E-state index is 0. The third-order valence-corrected chi connectivity index (χ3v) is 9.39. The van der Waals surface area contributed by atoms with Crippen LogP contribution in [0.5, 0.6) is 11.5 Å². The van der Waals surface area contributed by atoms with Gasteiger partial charge in [0.2, 0.25) is 0 Å². The zero-order valence-electron chi connectivity index (χ0n) is 28.3. The van der Waals surface area contributed by atoms with Crippen molar-refractivity contribution in [1.29, 1.82) is 0 Å². The number of aromatic nitrogens is 4. The van der Waals surface area contributed by atoms with E-state index in [1.165, 1.54) is 5.56 Å². The molecule has 0 saturated carbocycles. The normalized spacial score (nSPS) is 11.7. The van der Waals surface area contributed by atoms with E-state index in [0.29, 0.717) is 39.4 Å². The Hall–Kier alpha value is -4.61. The number of para-hydroxylation sites is 1. The number of halogens is 2. The molecule has 0 aliphatic carbocycles. The molecule has 0 bridgehead atoms. The van der Waals surface area contributed by atoms with Crippen LogP contribution in [0.15, 0.2) is 85.3 Å². The van der Waals surface area contributed by atoms with Crippen LogP contribution in [0, 0.1) is 32.9 Å². The van der Waals surface area contributed by atoms with Gasteiger partial charge in [-0.2, -0.15) is 17.2 Å². The standard InChI is InChI=1S/C41H36F2N4O.Pt/c1-25-26(2)35(21-42)40(36(22-43)27(25)3)28-23-45-46(24-28)30-10-9-11-31(19-30)48-32-14-15-34-33-12-7-8-13-37(33)47(38(34)20-32)39-18-29(16-17-44-39)41(4,5)6;/h7-18,23-24H,21-22H2,1-6H3;/q-2;+2. The molecule has 0 fully saturated rings. The second kappa shape index (κ2) is 13.4. The Morgan fingerprint density at radius 1 is 0.796 bits per heavy atom. The van der Waals surface area contributed by atoms with Crippen LogP contribution in [0.2, 0.25) is 0 Å². The fraction of sp³-hybridized carbons (Fsp3) is 0.220. The van der Waals surface area contributed by atoms with Gasteiger partial charge in [0.1, 0.15) is 19.2 Å². The Morgan fingerprint density at radius 2 is 1.51 bits per heavy atom. The van der Waals surface area contributed by atoms with Crippen LogP contribution in [-0.4, -0.2) is 19.3 Å². The molecule has 0 aliphatic heterocycles. The molecule has 0 aliphatic rings. The predicted octanol–water partition coefficient (Wildman–Crippen LogP) is 10.6. The van der Waals surface area contributed by atoms with Crippen molar-refractivity contribution in [2.45, 2.75) is 60.3 Å². The van der Waals surface area contributed by atoms with Crippen LogP contribution in [0.25, 0.3) is 44.4 Å². The molecule has 0 amide bonds. The number of nitrogens with zero attached hydrogens (tertiary/aromatic N) is 4. The Bertz CT molecular complexity index is 2300. The van der Waals surface area contributed by atoms with Crippen LogP contribution < -0.4 is 4.74 Å². The molecule has 0 atom stereocenters. The summed E-state index contributed by atoms with van der Waals surface area (Å²) < 4.78 is 38.7. The molecule has 250 valence electrons. The van der Waals surface area contributed by atoms with Crippen molar-refractivity contribution in [3.8, 4) is 34.1 Å². The second-order valence-corrected chi connectivity index (χ2v) is 13.2. The quantitative estimate of drug-likeness (QED) is 0.150. The van der Waals surface area contributed by atoms with E-state index in [4.69, 9.17) is 9.72 Å². The minimum atomic E-state index is -0.687. The van der Waals surface area contributed by atoms with Gasteiger partial charge in [-0.3, -0.25) is 4.68 Å². The average Bonchev–Trinajstić information content (AvgIpc) is 3.70. The summed E-state index contributed by atoms with van der Waals surface area (Å²) in [5, 5.41) is 6.69. The van der Waals surface area contributed by atoms with Gasteiger partial charge < -0.3 is 9.30 Å². The summed E-state index contributed by atoms with van der Waals surface area (Å²) in [5.41, 5.74) is 8.47. The summed E-state index contributed by atoms with van der Waals surface area (Å²) in [6.45, 7) is 10.9. The van der Waals surface area contributed by atoms with Crippen molar-refractivity contribution in [3.05, 3.63) is 131 Å². The van der Waals surface area contributed by atoms with Gasteiger partial charge in [-0.15, -0.1) is 35.7 Å².